The van der Waals surface area contributed by atoms with Crippen LogP contribution in [0.2, 0.25) is 0 Å². The van der Waals surface area contributed by atoms with Crippen LogP contribution in [0, 0.1) is 5.92 Å². The highest BCUT2D eigenvalue weighted by Gasteiger charge is 2.33. The zero-order chi connectivity index (χ0) is 14.9. The van der Waals surface area contributed by atoms with E-state index in [1.54, 1.807) is 0 Å². The molecule has 1 saturated heterocycles. The first kappa shape index (κ1) is 16.6. The molecule has 2 aliphatic heterocycles. The van der Waals surface area contributed by atoms with Crippen LogP contribution >= 0.6 is 12.4 Å². The molecule has 126 valence electrons. The van der Waals surface area contributed by atoms with Crippen LogP contribution in [0.1, 0.15) is 30.4 Å². The number of nitrogens with one attached hydrogen (secondary N) is 1. The molecule has 4 nitrogen and oxygen atoms in total. The first-order valence-corrected chi connectivity index (χ1v) is 8.67. The summed E-state index contributed by atoms with van der Waals surface area (Å²) in [5.74, 6) is 0.761. The van der Waals surface area contributed by atoms with E-state index in [1.165, 1.54) is 16.8 Å². The molecule has 0 aromatic heterocycles. The number of carbonyl (C=O) groups excluding carboxylic acids is 1. The average molecular weight is 336 g/mol. The van der Waals surface area contributed by atoms with Crippen LogP contribution in [0.15, 0.2) is 18.2 Å². The van der Waals surface area contributed by atoms with Crippen LogP contribution in [0.5, 0.6) is 0 Å². The summed E-state index contributed by atoms with van der Waals surface area (Å²) >= 11 is 0. The standard InChI is InChI=1S/C18H25N3O.ClH/c22-18(15-5-6-15)21-10-2-9-20(11-12-21)13-16-4-1-3-14-7-8-19-17(14)16;/h1,3-4,15,19H,2,5-13H2;1H. The normalized spacial score (nSPS) is 21.1. The highest BCUT2D eigenvalue weighted by atomic mass is 35.5. The van der Waals surface area contributed by atoms with E-state index in [1.807, 2.05) is 0 Å². The molecule has 1 N–H and O–H groups in total. The Labute approximate surface area is 144 Å². The molecule has 0 unspecified atom stereocenters. The minimum atomic E-state index is 0. The van der Waals surface area contributed by atoms with E-state index in [9.17, 15) is 4.79 Å². The Morgan fingerprint density at radius 1 is 1.17 bits per heavy atom. The lowest BCUT2D eigenvalue weighted by molar-refractivity contribution is -0.132. The van der Waals surface area contributed by atoms with Crippen molar-refractivity contribution in [3.05, 3.63) is 29.3 Å². The van der Waals surface area contributed by atoms with Crippen molar-refractivity contribution in [2.75, 3.05) is 38.0 Å². The van der Waals surface area contributed by atoms with Gasteiger partial charge in [-0.15, -0.1) is 12.4 Å². The van der Waals surface area contributed by atoms with Gasteiger partial charge >= 0.3 is 0 Å². The summed E-state index contributed by atoms with van der Waals surface area (Å²) in [5.41, 5.74) is 4.23. The number of rotatable bonds is 3. The fourth-order valence-corrected chi connectivity index (χ4v) is 3.72. The third-order valence-corrected chi connectivity index (χ3v) is 5.15. The molecule has 1 aromatic rings. The maximum Gasteiger partial charge on any atom is 0.225 e. The molecule has 1 aromatic carbocycles. The molecule has 5 heteroatoms. The summed E-state index contributed by atoms with van der Waals surface area (Å²) < 4.78 is 0. The first-order chi connectivity index (χ1) is 10.8. The highest BCUT2D eigenvalue weighted by molar-refractivity contribution is 5.85. The average Bonchev–Trinajstić information content (AvgIpc) is 3.30. The molecular weight excluding hydrogens is 310 g/mol. The van der Waals surface area contributed by atoms with Crippen molar-refractivity contribution in [1.29, 1.82) is 0 Å². The van der Waals surface area contributed by atoms with Crippen molar-refractivity contribution in [3.63, 3.8) is 0 Å². The fourth-order valence-electron chi connectivity index (χ4n) is 3.72. The summed E-state index contributed by atoms with van der Waals surface area (Å²) in [6.45, 7) is 6.01. The predicted octanol–water partition coefficient (Wildman–Crippen LogP) is 2.52. The maximum atomic E-state index is 12.2. The van der Waals surface area contributed by atoms with Crippen LogP contribution in [0.25, 0.3) is 0 Å². The van der Waals surface area contributed by atoms with E-state index >= 15 is 0 Å². The molecular formula is C18H26ClN3O. The molecule has 0 bridgehead atoms. The van der Waals surface area contributed by atoms with Crippen molar-refractivity contribution >= 4 is 24.0 Å². The molecule has 0 spiro atoms. The van der Waals surface area contributed by atoms with Crippen molar-refractivity contribution in [1.82, 2.24) is 9.80 Å². The molecule has 4 rings (SSSR count). The van der Waals surface area contributed by atoms with Gasteiger partial charge in [-0.1, -0.05) is 18.2 Å². The number of para-hydroxylation sites is 1. The third kappa shape index (κ3) is 3.64. The van der Waals surface area contributed by atoms with Gasteiger partial charge in [0.15, 0.2) is 0 Å². The second-order valence-electron chi connectivity index (χ2n) is 6.86. The minimum absolute atomic E-state index is 0. The van der Waals surface area contributed by atoms with Gasteiger partial charge in [0.2, 0.25) is 5.91 Å². The number of benzene rings is 1. The predicted molar refractivity (Wildman–Crippen MR) is 95.1 cm³/mol. The largest absolute Gasteiger partial charge is 0.384 e. The van der Waals surface area contributed by atoms with Crippen molar-refractivity contribution in [2.45, 2.75) is 32.2 Å². The summed E-state index contributed by atoms with van der Waals surface area (Å²) in [6, 6.07) is 6.66. The van der Waals surface area contributed by atoms with Crippen LogP contribution in [0.4, 0.5) is 5.69 Å². The van der Waals surface area contributed by atoms with Crippen molar-refractivity contribution < 1.29 is 4.79 Å². The van der Waals surface area contributed by atoms with Gasteiger partial charge in [-0.25, -0.2) is 0 Å². The smallest absolute Gasteiger partial charge is 0.225 e. The van der Waals surface area contributed by atoms with Gasteiger partial charge in [-0.2, -0.15) is 0 Å². The molecule has 3 aliphatic rings. The van der Waals surface area contributed by atoms with Gasteiger partial charge in [-0.05, 0) is 36.8 Å². The summed E-state index contributed by atoms with van der Waals surface area (Å²) in [4.78, 5) is 16.8. The number of anilines is 1. The van der Waals surface area contributed by atoms with E-state index < -0.39 is 0 Å². The molecule has 0 radical (unpaired) electrons. The van der Waals surface area contributed by atoms with Crippen LogP contribution in [0.3, 0.4) is 0 Å². The lowest BCUT2D eigenvalue weighted by atomic mass is 10.1. The molecule has 1 aliphatic carbocycles. The molecule has 2 heterocycles. The van der Waals surface area contributed by atoms with Gasteiger partial charge in [0, 0.05) is 50.9 Å². The summed E-state index contributed by atoms with van der Waals surface area (Å²) in [6.07, 6.45) is 4.47. The summed E-state index contributed by atoms with van der Waals surface area (Å²) in [5, 5.41) is 3.53. The van der Waals surface area contributed by atoms with Gasteiger partial charge in [0.1, 0.15) is 0 Å². The maximum absolute atomic E-state index is 12.2. The van der Waals surface area contributed by atoms with E-state index in [0.29, 0.717) is 11.8 Å². The Hall–Kier alpha value is -1.26. The van der Waals surface area contributed by atoms with Gasteiger partial charge in [-0.3, -0.25) is 9.69 Å². The number of carbonyl (C=O) groups is 1. The summed E-state index contributed by atoms with van der Waals surface area (Å²) in [7, 11) is 0. The zero-order valence-corrected chi connectivity index (χ0v) is 14.4. The van der Waals surface area contributed by atoms with Crippen LogP contribution < -0.4 is 5.32 Å². The van der Waals surface area contributed by atoms with E-state index in [0.717, 1.165) is 65.0 Å². The molecule has 1 saturated carbocycles. The van der Waals surface area contributed by atoms with E-state index in [2.05, 4.69) is 33.3 Å². The number of hydrogen-bond acceptors (Lipinski definition) is 3. The second kappa shape index (κ2) is 7.10. The lowest BCUT2D eigenvalue weighted by Gasteiger charge is -2.23. The van der Waals surface area contributed by atoms with E-state index in [-0.39, 0.29) is 12.4 Å². The fraction of sp³-hybridized carbons (Fsp3) is 0.611. The highest BCUT2D eigenvalue weighted by Crippen LogP contribution is 2.31. The zero-order valence-electron chi connectivity index (χ0n) is 13.6. The Kier molecular flexibility index (Phi) is 5.12. The third-order valence-electron chi connectivity index (χ3n) is 5.15. The molecule has 0 atom stereocenters. The molecule has 2 fully saturated rings. The first-order valence-electron chi connectivity index (χ1n) is 8.67. The number of hydrogen-bond donors (Lipinski definition) is 1. The van der Waals surface area contributed by atoms with Gasteiger partial charge < -0.3 is 10.2 Å². The van der Waals surface area contributed by atoms with Gasteiger partial charge in [0.05, 0.1) is 0 Å². The van der Waals surface area contributed by atoms with Crippen LogP contribution in [-0.4, -0.2) is 48.4 Å². The number of fused-ring (bicyclic) bond motifs is 1. The Balaban J connectivity index is 0.00000156. The Bertz CT molecular complexity index is 573. The van der Waals surface area contributed by atoms with E-state index in [4.69, 9.17) is 0 Å². The number of halogens is 1. The Morgan fingerprint density at radius 2 is 2.04 bits per heavy atom. The topological polar surface area (TPSA) is 35.6 Å². The lowest BCUT2D eigenvalue weighted by Crippen LogP contribution is -2.36. The second-order valence-corrected chi connectivity index (χ2v) is 6.86. The monoisotopic (exact) mass is 335 g/mol. The molecule has 23 heavy (non-hydrogen) atoms. The SMILES string of the molecule is Cl.O=C(C1CC1)N1CCCN(Cc2cccc3c2NCC3)CC1. The van der Waals surface area contributed by atoms with Gasteiger partial charge in [0.25, 0.3) is 0 Å². The van der Waals surface area contributed by atoms with Crippen molar-refractivity contribution in [2.24, 2.45) is 5.92 Å². The van der Waals surface area contributed by atoms with Crippen LogP contribution in [-0.2, 0) is 17.8 Å². The number of nitrogens with zero attached hydrogens (tertiary/aromatic N) is 2. The minimum Gasteiger partial charge on any atom is -0.384 e. The quantitative estimate of drug-likeness (QED) is 0.922. The Morgan fingerprint density at radius 3 is 2.87 bits per heavy atom. The molecule has 1 amide bonds. The number of amides is 1. The van der Waals surface area contributed by atoms with Crippen molar-refractivity contribution in [3.8, 4) is 0 Å².